The van der Waals surface area contributed by atoms with Gasteiger partial charge in [-0.3, -0.25) is 0 Å². The molecule has 0 bridgehead atoms. The van der Waals surface area contributed by atoms with Crippen LogP contribution >= 0.6 is 15.9 Å². The second-order valence-electron chi connectivity index (χ2n) is 4.79. The average Bonchev–Trinajstić information content (AvgIpc) is 2.46. The second-order valence-corrected chi connectivity index (χ2v) is 5.71. The summed E-state index contributed by atoms with van der Waals surface area (Å²) in [5.41, 5.74) is 2.34. The Bertz CT molecular complexity index is 539. The van der Waals surface area contributed by atoms with Crippen molar-refractivity contribution in [3.63, 3.8) is 0 Å². The maximum atomic E-state index is 5.65. The van der Waals surface area contributed by atoms with Crippen LogP contribution in [0.2, 0.25) is 0 Å². The third-order valence-corrected chi connectivity index (χ3v) is 3.59. The lowest BCUT2D eigenvalue weighted by Gasteiger charge is -2.16. The Balaban J connectivity index is 2.03. The molecule has 0 aliphatic carbocycles. The van der Waals surface area contributed by atoms with Gasteiger partial charge in [0, 0.05) is 22.3 Å². The lowest BCUT2D eigenvalue weighted by molar-refractivity contribution is 0.317. The Morgan fingerprint density at radius 1 is 1.15 bits per heavy atom. The highest BCUT2D eigenvalue weighted by molar-refractivity contribution is 9.10. The van der Waals surface area contributed by atoms with E-state index in [0.717, 1.165) is 28.9 Å². The highest BCUT2D eigenvalue weighted by Crippen LogP contribution is 2.23. The standard InChI is InChI=1S/C17H20BrNO/c1-3-11-20-17-6-4-5-16(12-17)19-13(2)14-7-9-15(18)10-8-14/h4-10,12-13,19H,3,11H2,1-2H3. The minimum atomic E-state index is 0.254. The summed E-state index contributed by atoms with van der Waals surface area (Å²) in [6.07, 6.45) is 1.02. The van der Waals surface area contributed by atoms with Crippen LogP contribution in [0.3, 0.4) is 0 Å². The van der Waals surface area contributed by atoms with Crippen molar-refractivity contribution in [2.45, 2.75) is 26.3 Å². The Morgan fingerprint density at radius 3 is 2.60 bits per heavy atom. The molecule has 0 radical (unpaired) electrons. The average molecular weight is 334 g/mol. The van der Waals surface area contributed by atoms with Crippen molar-refractivity contribution in [2.75, 3.05) is 11.9 Å². The van der Waals surface area contributed by atoms with Gasteiger partial charge in [0.2, 0.25) is 0 Å². The van der Waals surface area contributed by atoms with Gasteiger partial charge in [-0.05, 0) is 43.2 Å². The first-order valence-electron chi connectivity index (χ1n) is 6.94. The Hall–Kier alpha value is -1.48. The quantitative estimate of drug-likeness (QED) is 0.762. The van der Waals surface area contributed by atoms with Crippen LogP contribution in [0.5, 0.6) is 5.75 Å². The maximum Gasteiger partial charge on any atom is 0.121 e. The number of benzene rings is 2. The number of nitrogens with one attached hydrogen (secondary N) is 1. The predicted molar refractivity (Wildman–Crippen MR) is 88.4 cm³/mol. The number of hydrogen-bond donors (Lipinski definition) is 1. The molecule has 3 heteroatoms. The molecule has 0 aliphatic heterocycles. The molecule has 106 valence electrons. The maximum absolute atomic E-state index is 5.65. The molecule has 0 aliphatic rings. The first-order valence-corrected chi connectivity index (χ1v) is 7.73. The molecule has 20 heavy (non-hydrogen) atoms. The van der Waals surface area contributed by atoms with E-state index in [9.17, 15) is 0 Å². The number of ether oxygens (including phenoxy) is 1. The van der Waals surface area contributed by atoms with Gasteiger partial charge < -0.3 is 10.1 Å². The monoisotopic (exact) mass is 333 g/mol. The van der Waals surface area contributed by atoms with Crippen molar-refractivity contribution in [1.82, 2.24) is 0 Å². The van der Waals surface area contributed by atoms with Gasteiger partial charge in [0.05, 0.1) is 6.61 Å². The van der Waals surface area contributed by atoms with E-state index in [2.05, 4.69) is 65.4 Å². The zero-order valence-electron chi connectivity index (χ0n) is 11.9. The van der Waals surface area contributed by atoms with Crippen LogP contribution < -0.4 is 10.1 Å². The fraction of sp³-hybridized carbons (Fsp3) is 0.294. The number of anilines is 1. The summed E-state index contributed by atoms with van der Waals surface area (Å²) in [5.74, 6) is 0.917. The minimum Gasteiger partial charge on any atom is -0.494 e. The zero-order valence-corrected chi connectivity index (χ0v) is 13.5. The molecule has 0 fully saturated rings. The highest BCUT2D eigenvalue weighted by Gasteiger charge is 2.05. The van der Waals surface area contributed by atoms with E-state index in [4.69, 9.17) is 4.74 Å². The molecular weight excluding hydrogens is 314 g/mol. The molecule has 2 aromatic rings. The summed E-state index contributed by atoms with van der Waals surface area (Å²) in [7, 11) is 0. The summed E-state index contributed by atoms with van der Waals surface area (Å²) >= 11 is 3.46. The van der Waals surface area contributed by atoms with Crippen molar-refractivity contribution >= 4 is 21.6 Å². The lowest BCUT2D eigenvalue weighted by atomic mass is 10.1. The third-order valence-electron chi connectivity index (χ3n) is 3.06. The van der Waals surface area contributed by atoms with E-state index in [0.29, 0.717) is 0 Å². The number of rotatable bonds is 6. The Morgan fingerprint density at radius 2 is 1.90 bits per heavy atom. The summed E-state index contributed by atoms with van der Waals surface area (Å²) in [5, 5.41) is 3.50. The molecule has 0 saturated carbocycles. The molecule has 0 aromatic heterocycles. The van der Waals surface area contributed by atoms with Crippen LogP contribution in [-0.4, -0.2) is 6.61 Å². The molecular formula is C17H20BrNO. The molecule has 1 atom stereocenters. The van der Waals surface area contributed by atoms with Gasteiger partial charge in [0.1, 0.15) is 5.75 Å². The van der Waals surface area contributed by atoms with Crippen molar-refractivity contribution in [3.8, 4) is 5.75 Å². The van der Waals surface area contributed by atoms with Crippen LogP contribution in [0.1, 0.15) is 31.9 Å². The van der Waals surface area contributed by atoms with Gasteiger partial charge in [-0.2, -0.15) is 0 Å². The normalized spacial score (nSPS) is 11.9. The van der Waals surface area contributed by atoms with Gasteiger partial charge in [-0.25, -0.2) is 0 Å². The van der Waals surface area contributed by atoms with Crippen molar-refractivity contribution in [1.29, 1.82) is 0 Å². The van der Waals surface area contributed by atoms with E-state index >= 15 is 0 Å². The van der Waals surface area contributed by atoms with Gasteiger partial charge in [-0.1, -0.05) is 41.1 Å². The van der Waals surface area contributed by atoms with Crippen LogP contribution in [0.15, 0.2) is 53.0 Å². The minimum absolute atomic E-state index is 0.254. The van der Waals surface area contributed by atoms with E-state index < -0.39 is 0 Å². The van der Waals surface area contributed by atoms with Gasteiger partial charge in [-0.15, -0.1) is 0 Å². The second kappa shape index (κ2) is 7.34. The smallest absolute Gasteiger partial charge is 0.121 e. The van der Waals surface area contributed by atoms with Crippen LogP contribution in [0.4, 0.5) is 5.69 Å². The first-order chi connectivity index (χ1) is 9.69. The molecule has 0 heterocycles. The topological polar surface area (TPSA) is 21.3 Å². The van der Waals surface area contributed by atoms with Crippen molar-refractivity contribution in [3.05, 3.63) is 58.6 Å². The Labute approximate surface area is 129 Å². The van der Waals surface area contributed by atoms with Crippen molar-refractivity contribution < 1.29 is 4.74 Å². The van der Waals surface area contributed by atoms with E-state index in [1.54, 1.807) is 0 Å². The first kappa shape index (κ1) is 14.9. The van der Waals surface area contributed by atoms with Crippen molar-refractivity contribution in [2.24, 2.45) is 0 Å². The van der Waals surface area contributed by atoms with Crippen LogP contribution in [0, 0.1) is 0 Å². The zero-order chi connectivity index (χ0) is 14.4. The fourth-order valence-corrected chi connectivity index (χ4v) is 2.24. The molecule has 2 aromatic carbocycles. The largest absolute Gasteiger partial charge is 0.494 e. The SMILES string of the molecule is CCCOc1cccc(NC(C)c2ccc(Br)cc2)c1. The van der Waals surface area contributed by atoms with E-state index in [1.807, 2.05) is 18.2 Å². The molecule has 2 nitrogen and oxygen atoms in total. The molecule has 0 spiro atoms. The molecule has 0 amide bonds. The number of hydrogen-bond acceptors (Lipinski definition) is 2. The van der Waals surface area contributed by atoms with E-state index in [-0.39, 0.29) is 6.04 Å². The van der Waals surface area contributed by atoms with Crippen LogP contribution in [0.25, 0.3) is 0 Å². The summed E-state index contributed by atoms with van der Waals surface area (Å²) in [6.45, 7) is 5.02. The highest BCUT2D eigenvalue weighted by atomic mass is 79.9. The number of halogens is 1. The van der Waals surface area contributed by atoms with E-state index in [1.165, 1.54) is 5.56 Å². The summed E-state index contributed by atoms with van der Waals surface area (Å²) in [6, 6.07) is 16.7. The lowest BCUT2D eigenvalue weighted by Crippen LogP contribution is -2.06. The molecule has 1 unspecified atom stereocenters. The Kier molecular flexibility index (Phi) is 5.48. The van der Waals surface area contributed by atoms with Gasteiger partial charge >= 0.3 is 0 Å². The predicted octanol–water partition coefficient (Wildman–Crippen LogP) is 5.41. The molecule has 2 rings (SSSR count). The third kappa shape index (κ3) is 4.27. The van der Waals surface area contributed by atoms with Gasteiger partial charge in [0.15, 0.2) is 0 Å². The summed E-state index contributed by atoms with van der Waals surface area (Å²) < 4.78 is 6.75. The molecule has 1 N–H and O–H groups in total. The van der Waals surface area contributed by atoms with Crippen LogP contribution in [-0.2, 0) is 0 Å². The van der Waals surface area contributed by atoms with Gasteiger partial charge in [0.25, 0.3) is 0 Å². The summed E-state index contributed by atoms with van der Waals surface area (Å²) in [4.78, 5) is 0. The fourth-order valence-electron chi connectivity index (χ4n) is 1.98. The molecule has 0 saturated heterocycles.